The zero-order chi connectivity index (χ0) is 12.5. The van der Waals surface area contributed by atoms with Crippen molar-refractivity contribution in [2.75, 3.05) is 0 Å². The fraction of sp³-hybridized carbons (Fsp3) is 0.400. The first-order valence-corrected chi connectivity index (χ1v) is 6.24. The van der Waals surface area contributed by atoms with E-state index in [9.17, 15) is 4.79 Å². The molecule has 0 aliphatic rings. The van der Waals surface area contributed by atoms with Gasteiger partial charge in [0.25, 0.3) is 0 Å². The number of esters is 1. The Hall–Kier alpha value is -1.57. The van der Waals surface area contributed by atoms with Crippen LogP contribution in [0.3, 0.4) is 0 Å². The van der Waals surface area contributed by atoms with Crippen LogP contribution >= 0.6 is 0 Å². The van der Waals surface area contributed by atoms with Gasteiger partial charge in [0.2, 0.25) is 0 Å². The molecule has 1 rings (SSSR count). The molecule has 0 saturated carbocycles. The summed E-state index contributed by atoms with van der Waals surface area (Å²) in [7, 11) is 0. The van der Waals surface area contributed by atoms with Crippen molar-refractivity contribution in [3.8, 4) is 0 Å². The minimum absolute atomic E-state index is 0.263. The number of hydrogen-bond acceptors (Lipinski definition) is 2. The van der Waals surface area contributed by atoms with Crippen LogP contribution in [-0.4, -0.2) is 5.97 Å². The lowest BCUT2D eigenvalue weighted by atomic mass is 10.2. The topological polar surface area (TPSA) is 26.3 Å². The molecule has 92 valence electrons. The summed E-state index contributed by atoms with van der Waals surface area (Å²) < 4.78 is 5.40. The highest BCUT2D eigenvalue weighted by molar-refractivity contribution is 5.89. The van der Waals surface area contributed by atoms with Crippen molar-refractivity contribution < 1.29 is 9.53 Å². The summed E-state index contributed by atoms with van der Waals surface area (Å²) in [5, 5.41) is 0. The smallest absolute Gasteiger partial charge is 0.343 e. The Balaban J connectivity index is 2.61. The monoisotopic (exact) mass is 232 g/mol. The molecule has 0 heterocycles. The van der Waals surface area contributed by atoms with Crippen molar-refractivity contribution >= 4 is 5.97 Å². The van der Waals surface area contributed by atoms with Gasteiger partial charge in [-0.05, 0) is 31.1 Å². The van der Waals surface area contributed by atoms with E-state index in [1.807, 2.05) is 31.2 Å². The summed E-state index contributed by atoms with van der Waals surface area (Å²) in [4.78, 5) is 11.8. The van der Waals surface area contributed by atoms with Gasteiger partial charge in [-0.25, -0.2) is 4.79 Å². The highest BCUT2D eigenvalue weighted by atomic mass is 16.5. The second-order valence-corrected chi connectivity index (χ2v) is 3.94. The minimum Gasteiger partial charge on any atom is -0.428 e. The van der Waals surface area contributed by atoms with Crippen molar-refractivity contribution in [1.82, 2.24) is 0 Å². The van der Waals surface area contributed by atoms with Crippen LogP contribution in [-0.2, 0) is 4.74 Å². The zero-order valence-electron chi connectivity index (χ0n) is 10.6. The number of allylic oxidation sites excluding steroid dienone is 2. The van der Waals surface area contributed by atoms with E-state index in [4.69, 9.17) is 4.74 Å². The van der Waals surface area contributed by atoms with E-state index in [1.165, 1.54) is 0 Å². The lowest BCUT2D eigenvalue weighted by molar-refractivity contribution is 0.0612. The largest absolute Gasteiger partial charge is 0.428 e. The van der Waals surface area contributed by atoms with Gasteiger partial charge in [-0.15, -0.1) is 0 Å². The molecule has 17 heavy (non-hydrogen) atoms. The molecule has 2 nitrogen and oxygen atoms in total. The third-order valence-corrected chi connectivity index (χ3v) is 2.44. The lowest BCUT2D eigenvalue weighted by Gasteiger charge is -2.08. The van der Waals surface area contributed by atoms with E-state index >= 15 is 0 Å². The van der Waals surface area contributed by atoms with Crippen LogP contribution < -0.4 is 0 Å². The number of carbonyl (C=O) groups excluding carboxylic acids is 1. The van der Waals surface area contributed by atoms with Crippen molar-refractivity contribution in [3.63, 3.8) is 0 Å². The van der Waals surface area contributed by atoms with Crippen LogP contribution in [0, 0.1) is 0 Å². The predicted octanol–water partition coefficient (Wildman–Crippen LogP) is 4.33. The fourth-order valence-corrected chi connectivity index (χ4v) is 1.53. The average Bonchev–Trinajstić information content (AvgIpc) is 2.37. The van der Waals surface area contributed by atoms with Gasteiger partial charge < -0.3 is 4.74 Å². The molecule has 0 aliphatic heterocycles. The lowest BCUT2D eigenvalue weighted by Crippen LogP contribution is -2.05. The Morgan fingerprint density at radius 1 is 1.24 bits per heavy atom. The van der Waals surface area contributed by atoms with Gasteiger partial charge in [0.15, 0.2) is 0 Å². The zero-order valence-corrected chi connectivity index (χ0v) is 10.6. The molecule has 0 N–H and O–H groups in total. The summed E-state index contributed by atoms with van der Waals surface area (Å²) in [6.07, 6.45) is 5.86. The van der Waals surface area contributed by atoms with Crippen molar-refractivity contribution in [3.05, 3.63) is 47.7 Å². The van der Waals surface area contributed by atoms with Gasteiger partial charge in [0.1, 0.15) is 5.76 Å². The van der Waals surface area contributed by atoms with Crippen LogP contribution in [0.25, 0.3) is 0 Å². The van der Waals surface area contributed by atoms with Crippen molar-refractivity contribution in [2.45, 2.75) is 39.5 Å². The fourth-order valence-electron chi connectivity index (χ4n) is 1.53. The summed E-state index contributed by atoms with van der Waals surface area (Å²) in [6, 6.07) is 9.10. The van der Waals surface area contributed by atoms with Gasteiger partial charge >= 0.3 is 5.97 Å². The van der Waals surface area contributed by atoms with Crippen LogP contribution in [0.4, 0.5) is 0 Å². The SMILES string of the molecule is CC/C=C(\CCCC)OC(=O)c1ccccc1. The van der Waals surface area contributed by atoms with Gasteiger partial charge in [0.05, 0.1) is 5.56 Å². The van der Waals surface area contributed by atoms with Crippen LogP contribution in [0.5, 0.6) is 0 Å². The van der Waals surface area contributed by atoms with Crippen molar-refractivity contribution in [2.24, 2.45) is 0 Å². The Labute approximate surface area is 103 Å². The standard InChI is InChI=1S/C15H20O2/c1-3-5-12-14(9-4-2)17-15(16)13-10-7-6-8-11-13/h6-11H,3-5,12H2,1-2H3/b14-9+. The van der Waals surface area contributed by atoms with Crippen LogP contribution in [0.1, 0.15) is 49.9 Å². The number of benzene rings is 1. The molecule has 0 fully saturated rings. The molecule has 0 bridgehead atoms. The summed E-state index contributed by atoms with van der Waals surface area (Å²) in [6.45, 7) is 4.17. The third-order valence-electron chi connectivity index (χ3n) is 2.44. The van der Waals surface area contributed by atoms with E-state index in [0.717, 1.165) is 31.4 Å². The number of rotatable bonds is 6. The van der Waals surface area contributed by atoms with E-state index in [0.29, 0.717) is 5.56 Å². The van der Waals surface area contributed by atoms with Gasteiger partial charge in [-0.1, -0.05) is 38.5 Å². The molecule has 0 aromatic heterocycles. The van der Waals surface area contributed by atoms with Gasteiger partial charge in [-0.2, -0.15) is 0 Å². The first-order chi connectivity index (χ1) is 8.27. The van der Waals surface area contributed by atoms with Crippen LogP contribution in [0.15, 0.2) is 42.2 Å². The van der Waals surface area contributed by atoms with Crippen molar-refractivity contribution in [1.29, 1.82) is 0 Å². The van der Waals surface area contributed by atoms with E-state index in [1.54, 1.807) is 12.1 Å². The highest BCUT2D eigenvalue weighted by Crippen LogP contribution is 2.13. The van der Waals surface area contributed by atoms with E-state index < -0.39 is 0 Å². The quantitative estimate of drug-likeness (QED) is 0.539. The highest BCUT2D eigenvalue weighted by Gasteiger charge is 2.08. The molecule has 0 radical (unpaired) electrons. The number of ether oxygens (including phenoxy) is 1. The number of hydrogen-bond donors (Lipinski definition) is 0. The number of carbonyl (C=O) groups is 1. The summed E-state index contributed by atoms with van der Waals surface area (Å²) in [5.41, 5.74) is 0.603. The molecule has 0 atom stereocenters. The van der Waals surface area contributed by atoms with E-state index in [-0.39, 0.29) is 5.97 Å². The van der Waals surface area contributed by atoms with Gasteiger partial charge in [-0.3, -0.25) is 0 Å². The molecule has 0 amide bonds. The molecule has 1 aromatic carbocycles. The summed E-state index contributed by atoms with van der Waals surface area (Å²) in [5.74, 6) is 0.532. The maximum atomic E-state index is 11.8. The average molecular weight is 232 g/mol. The molecule has 0 aliphatic carbocycles. The normalized spacial score (nSPS) is 11.3. The molecule has 1 aromatic rings. The predicted molar refractivity (Wildman–Crippen MR) is 69.8 cm³/mol. The third kappa shape index (κ3) is 4.85. The maximum Gasteiger partial charge on any atom is 0.343 e. The Kier molecular flexibility index (Phi) is 6.08. The molecular weight excluding hydrogens is 212 g/mol. The van der Waals surface area contributed by atoms with Crippen LogP contribution in [0.2, 0.25) is 0 Å². The van der Waals surface area contributed by atoms with E-state index in [2.05, 4.69) is 6.92 Å². The summed E-state index contributed by atoms with van der Waals surface area (Å²) >= 11 is 0. The molecule has 0 saturated heterocycles. The molecule has 2 heteroatoms. The second-order valence-electron chi connectivity index (χ2n) is 3.94. The Morgan fingerprint density at radius 3 is 2.53 bits per heavy atom. The first-order valence-electron chi connectivity index (χ1n) is 6.24. The Bertz CT molecular complexity index is 366. The molecular formula is C15H20O2. The first kappa shape index (κ1) is 13.5. The number of unbranched alkanes of at least 4 members (excludes halogenated alkanes) is 1. The molecule has 0 spiro atoms. The van der Waals surface area contributed by atoms with Gasteiger partial charge in [0, 0.05) is 6.42 Å². The Morgan fingerprint density at radius 2 is 1.94 bits per heavy atom. The molecule has 0 unspecified atom stereocenters. The minimum atomic E-state index is -0.263. The second kappa shape index (κ2) is 7.66. The maximum absolute atomic E-state index is 11.8.